The van der Waals surface area contributed by atoms with Crippen LogP contribution in [0.3, 0.4) is 0 Å². The number of hydrogen-bond acceptors (Lipinski definition) is 6. The molecule has 0 aromatic heterocycles. The van der Waals surface area contributed by atoms with Crippen LogP contribution in [0.2, 0.25) is 5.02 Å². The third kappa shape index (κ3) is 4.12. The fraction of sp³-hybridized carbons (Fsp3) is 0.286. The molecule has 1 unspecified atom stereocenters. The van der Waals surface area contributed by atoms with E-state index < -0.39 is 10.8 Å². The van der Waals surface area contributed by atoms with E-state index in [9.17, 15) is 9.59 Å². The number of nitrogens with one attached hydrogen (secondary N) is 1. The van der Waals surface area contributed by atoms with E-state index in [0.717, 1.165) is 5.56 Å². The molecule has 0 bridgehead atoms. The van der Waals surface area contributed by atoms with Gasteiger partial charge in [-0.15, -0.1) is 0 Å². The summed E-state index contributed by atoms with van der Waals surface area (Å²) in [6.45, 7) is 4.26. The van der Waals surface area contributed by atoms with Crippen LogP contribution >= 0.6 is 35.6 Å². The highest BCUT2D eigenvalue weighted by Crippen LogP contribution is 2.38. The number of carbonyl (C=O) groups is 2. The number of ether oxygens (including phenoxy) is 2. The first-order chi connectivity index (χ1) is 14.2. The minimum Gasteiger partial charge on any atom is -0.454 e. The predicted molar refractivity (Wildman–Crippen MR) is 120 cm³/mol. The molecule has 2 heterocycles. The molecule has 1 fully saturated rings. The molecule has 0 aliphatic carbocycles. The number of fused-ring (bicyclic) bond motifs is 1. The van der Waals surface area contributed by atoms with Crippen molar-refractivity contribution in [1.29, 1.82) is 0 Å². The first-order valence-corrected chi connectivity index (χ1v) is 10.8. The molecular weight excluding hydrogens is 444 g/mol. The number of thioether (sulfide) groups is 1. The van der Waals surface area contributed by atoms with Crippen molar-refractivity contribution in [3.63, 3.8) is 0 Å². The number of hydrogen-bond donors (Lipinski definition) is 1. The quantitative estimate of drug-likeness (QED) is 0.692. The van der Waals surface area contributed by atoms with Gasteiger partial charge in [0.05, 0.1) is 6.54 Å². The Morgan fingerprint density at radius 3 is 2.67 bits per heavy atom. The number of halogens is 1. The van der Waals surface area contributed by atoms with Crippen LogP contribution in [-0.2, 0) is 11.3 Å². The lowest BCUT2D eigenvalue weighted by atomic mass is 10.00. The van der Waals surface area contributed by atoms with E-state index in [0.29, 0.717) is 26.4 Å². The first-order valence-electron chi connectivity index (χ1n) is 9.24. The predicted octanol–water partition coefficient (Wildman–Crippen LogP) is 4.01. The number of amides is 2. The van der Waals surface area contributed by atoms with E-state index in [1.807, 2.05) is 32.0 Å². The molecule has 9 heteroatoms. The fourth-order valence-electron chi connectivity index (χ4n) is 3.30. The number of rotatable bonds is 4. The van der Waals surface area contributed by atoms with Gasteiger partial charge in [0.15, 0.2) is 11.5 Å². The van der Waals surface area contributed by atoms with Gasteiger partial charge in [-0.3, -0.25) is 14.5 Å². The second-order valence-electron chi connectivity index (χ2n) is 7.50. The van der Waals surface area contributed by atoms with Gasteiger partial charge in [0, 0.05) is 15.3 Å². The van der Waals surface area contributed by atoms with Crippen molar-refractivity contribution < 1.29 is 19.1 Å². The Labute approximate surface area is 188 Å². The monoisotopic (exact) mass is 462 g/mol. The van der Waals surface area contributed by atoms with E-state index in [-0.39, 0.29) is 25.2 Å². The van der Waals surface area contributed by atoms with Crippen LogP contribution in [0.5, 0.6) is 11.5 Å². The van der Waals surface area contributed by atoms with Crippen LogP contribution in [0.4, 0.5) is 0 Å². The van der Waals surface area contributed by atoms with Crippen molar-refractivity contribution in [2.24, 2.45) is 0 Å². The Morgan fingerprint density at radius 1 is 1.23 bits per heavy atom. The Kier molecular flexibility index (Phi) is 5.65. The number of nitrogens with zero attached hydrogens (tertiary/aromatic N) is 1. The maximum Gasteiger partial charge on any atom is 0.252 e. The molecule has 2 aliphatic heterocycles. The minimum atomic E-state index is -0.744. The van der Waals surface area contributed by atoms with E-state index in [4.69, 9.17) is 33.3 Å². The largest absolute Gasteiger partial charge is 0.454 e. The summed E-state index contributed by atoms with van der Waals surface area (Å²) in [6, 6.07) is 11.3. The summed E-state index contributed by atoms with van der Waals surface area (Å²) in [6.07, 6.45) is 0. The molecule has 2 aromatic carbocycles. The van der Waals surface area contributed by atoms with E-state index in [1.165, 1.54) is 16.7 Å². The zero-order valence-corrected chi connectivity index (χ0v) is 18.7. The molecule has 2 aromatic rings. The molecule has 1 saturated heterocycles. The van der Waals surface area contributed by atoms with E-state index >= 15 is 0 Å². The summed E-state index contributed by atoms with van der Waals surface area (Å²) in [5.41, 5.74) is 1.29. The third-order valence-electron chi connectivity index (χ3n) is 4.94. The summed E-state index contributed by atoms with van der Waals surface area (Å²) in [7, 11) is 0. The molecule has 2 aliphatic rings. The number of carbonyl (C=O) groups excluding carboxylic acids is 2. The summed E-state index contributed by atoms with van der Waals surface area (Å²) < 4.78 is 10.6. The molecule has 4 rings (SSSR count). The standard InChI is InChI=1S/C21H19ClN2O4S2/c1-21(2)17(23-18(25)13-4-6-14(22)7-5-13)19(26)24(20(29)30-21)10-12-3-8-15-16(9-12)28-11-27-15/h3-9,17H,10-11H2,1-2H3,(H,23,25). The Bertz CT molecular complexity index is 1030. The van der Waals surface area contributed by atoms with Crippen LogP contribution in [0.15, 0.2) is 42.5 Å². The number of benzene rings is 2. The van der Waals surface area contributed by atoms with Gasteiger partial charge in [-0.25, -0.2) is 0 Å². The van der Waals surface area contributed by atoms with Crippen molar-refractivity contribution in [2.45, 2.75) is 31.2 Å². The highest BCUT2D eigenvalue weighted by Gasteiger charge is 2.46. The normalized spacial score (nSPS) is 19.7. The smallest absolute Gasteiger partial charge is 0.252 e. The molecule has 156 valence electrons. The maximum absolute atomic E-state index is 13.3. The van der Waals surface area contributed by atoms with Gasteiger partial charge < -0.3 is 14.8 Å². The Morgan fingerprint density at radius 2 is 1.93 bits per heavy atom. The second kappa shape index (κ2) is 8.09. The van der Waals surface area contributed by atoms with Crippen molar-refractivity contribution >= 4 is 51.7 Å². The van der Waals surface area contributed by atoms with Crippen LogP contribution in [0.25, 0.3) is 0 Å². The molecule has 30 heavy (non-hydrogen) atoms. The topological polar surface area (TPSA) is 67.9 Å². The van der Waals surface area contributed by atoms with E-state index in [2.05, 4.69) is 5.32 Å². The lowest BCUT2D eigenvalue weighted by molar-refractivity contribution is -0.130. The molecule has 0 saturated carbocycles. The summed E-state index contributed by atoms with van der Waals surface area (Å²) in [5, 5.41) is 3.41. The van der Waals surface area contributed by atoms with Crippen LogP contribution in [-0.4, -0.2) is 38.6 Å². The Hall–Kier alpha value is -2.29. The van der Waals surface area contributed by atoms with Gasteiger partial charge in [0.2, 0.25) is 6.79 Å². The van der Waals surface area contributed by atoms with Crippen molar-refractivity contribution in [3.05, 3.63) is 58.6 Å². The average molecular weight is 463 g/mol. The minimum absolute atomic E-state index is 0.183. The van der Waals surface area contributed by atoms with Gasteiger partial charge in [-0.1, -0.05) is 41.6 Å². The van der Waals surface area contributed by atoms with Crippen LogP contribution in [0.1, 0.15) is 29.8 Å². The van der Waals surface area contributed by atoms with E-state index in [1.54, 1.807) is 24.3 Å². The molecule has 6 nitrogen and oxygen atoms in total. The first kappa shape index (κ1) is 21.0. The Balaban J connectivity index is 1.54. The lowest BCUT2D eigenvalue weighted by Gasteiger charge is -2.42. The summed E-state index contributed by atoms with van der Waals surface area (Å²) >= 11 is 12.8. The van der Waals surface area contributed by atoms with Gasteiger partial charge >= 0.3 is 0 Å². The van der Waals surface area contributed by atoms with Crippen molar-refractivity contribution in [1.82, 2.24) is 10.2 Å². The van der Waals surface area contributed by atoms with Crippen LogP contribution < -0.4 is 14.8 Å². The highest BCUT2D eigenvalue weighted by atomic mass is 35.5. The van der Waals surface area contributed by atoms with Crippen molar-refractivity contribution in [3.8, 4) is 11.5 Å². The third-order valence-corrected chi connectivity index (χ3v) is 6.82. The molecule has 1 atom stereocenters. The second-order valence-corrected chi connectivity index (χ2v) is 10.2. The zero-order chi connectivity index (χ0) is 21.5. The summed E-state index contributed by atoms with van der Waals surface area (Å²) in [4.78, 5) is 27.6. The van der Waals surface area contributed by atoms with Crippen molar-refractivity contribution in [2.75, 3.05) is 6.79 Å². The van der Waals surface area contributed by atoms with Gasteiger partial charge in [-0.2, -0.15) is 0 Å². The SMILES string of the molecule is CC1(C)SC(=S)N(Cc2ccc3c(c2)OCO3)C(=O)C1NC(=O)c1ccc(Cl)cc1. The van der Waals surface area contributed by atoms with Gasteiger partial charge in [0.25, 0.3) is 11.8 Å². The lowest BCUT2D eigenvalue weighted by Crippen LogP contribution is -2.62. The molecule has 2 amide bonds. The zero-order valence-electron chi connectivity index (χ0n) is 16.3. The molecular formula is C21H19ClN2O4S2. The summed E-state index contributed by atoms with van der Waals surface area (Å²) in [5.74, 6) is 0.733. The molecule has 1 N–H and O–H groups in total. The van der Waals surface area contributed by atoms with Crippen LogP contribution in [0, 0.1) is 0 Å². The maximum atomic E-state index is 13.3. The van der Waals surface area contributed by atoms with Gasteiger partial charge in [0.1, 0.15) is 10.4 Å². The highest BCUT2D eigenvalue weighted by molar-refractivity contribution is 8.24. The fourth-order valence-corrected chi connectivity index (χ4v) is 5.22. The molecule has 0 radical (unpaired) electrons. The van der Waals surface area contributed by atoms with Gasteiger partial charge in [-0.05, 0) is 55.8 Å². The average Bonchev–Trinajstić information content (AvgIpc) is 3.16. The number of thiocarbonyl (C=S) groups is 1. The molecule has 0 spiro atoms.